The summed E-state index contributed by atoms with van der Waals surface area (Å²) in [5.41, 5.74) is 3.55. The third-order valence-electron chi connectivity index (χ3n) is 4.52. The highest BCUT2D eigenvalue weighted by Gasteiger charge is 2.09. The molecule has 10 heteroatoms. The molecular weight excluding hydrogens is 412 g/mol. The molecule has 0 saturated carbocycles. The van der Waals surface area contributed by atoms with Crippen LogP contribution < -0.4 is 10.6 Å². The zero-order valence-corrected chi connectivity index (χ0v) is 17.2. The van der Waals surface area contributed by atoms with Gasteiger partial charge in [-0.2, -0.15) is 8.75 Å². The van der Waals surface area contributed by atoms with Crippen molar-refractivity contribution in [2.24, 2.45) is 0 Å². The Morgan fingerprint density at radius 2 is 1.77 bits per heavy atom. The summed E-state index contributed by atoms with van der Waals surface area (Å²) < 4.78 is 10.1. The van der Waals surface area contributed by atoms with Crippen molar-refractivity contribution in [3.63, 3.8) is 0 Å². The Morgan fingerprint density at radius 3 is 2.58 bits per heavy atom. The van der Waals surface area contributed by atoms with E-state index in [0.29, 0.717) is 28.4 Å². The molecule has 5 aromatic rings. The molecule has 0 aliphatic rings. The van der Waals surface area contributed by atoms with Crippen LogP contribution in [0.2, 0.25) is 0 Å². The average Bonchev–Trinajstić information content (AvgIpc) is 3.46. The van der Waals surface area contributed by atoms with Gasteiger partial charge in [0.2, 0.25) is 0 Å². The first-order valence-electron chi connectivity index (χ1n) is 9.39. The standard InChI is InChI=1S/C21H16N8OS/c1-13-23-19(11-20(24-13)29-9-8-22-12-29)25-15-3-5-16(6-4-15)26-21(30)14-2-7-17-18(10-14)28-31-27-17/h2-12H,1H3,(H,26,30)(H,23,24,25). The number of benzene rings is 2. The largest absolute Gasteiger partial charge is 0.340 e. The number of carbonyl (C=O) groups is 1. The molecule has 2 aromatic carbocycles. The van der Waals surface area contributed by atoms with Crippen LogP contribution in [0.1, 0.15) is 16.2 Å². The number of nitrogens with zero attached hydrogens (tertiary/aromatic N) is 6. The predicted octanol–water partition coefficient (Wildman–Crippen LogP) is 3.97. The highest BCUT2D eigenvalue weighted by atomic mass is 32.1. The van der Waals surface area contributed by atoms with Crippen LogP contribution >= 0.6 is 11.7 Å². The number of nitrogens with one attached hydrogen (secondary N) is 2. The van der Waals surface area contributed by atoms with Crippen molar-refractivity contribution in [3.05, 3.63) is 78.6 Å². The van der Waals surface area contributed by atoms with Crippen molar-refractivity contribution in [2.45, 2.75) is 6.92 Å². The molecule has 2 N–H and O–H groups in total. The maximum atomic E-state index is 12.5. The van der Waals surface area contributed by atoms with Gasteiger partial charge >= 0.3 is 0 Å². The second-order valence-corrected chi connectivity index (χ2v) is 7.28. The molecule has 0 radical (unpaired) electrons. The SMILES string of the molecule is Cc1nc(Nc2ccc(NC(=O)c3ccc4nsnc4c3)cc2)cc(-n2ccnc2)n1. The van der Waals surface area contributed by atoms with Gasteiger partial charge in [0, 0.05) is 35.4 Å². The van der Waals surface area contributed by atoms with Crippen LogP contribution in [0.25, 0.3) is 16.9 Å². The van der Waals surface area contributed by atoms with Crippen LogP contribution in [0.3, 0.4) is 0 Å². The molecule has 0 spiro atoms. The van der Waals surface area contributed by atoms with Crippen molar-refractivity contribution in [2.75, 3.05) is 10.6 Å². The van der Waals surface area contributed by atoms with E-state index >= 15 is 0 Å². The number of rotatable bonds is 5. The summed E-state index contributed by atoms with van der Waals surface area (Å²) >= 11 is 1.13. The van der Waals surface area contributed by atoms with Gasteiger partial charge in [0.1, 0.15) is 34.8 Å². The van der Waals surface area contributed by atoms with Crippen molar-refractivity contribution in [1.29, 1.82) is 0 Å². The monoisotopic (exact) mass is 428 g/mol. The van der Waals surface area contributed by atoms with E-state index in [1.165, 1.54) is 0 Å². The summed E-state index contributed by atoms with van der Waals surface area (Å²) in [6.07, 6.45) is 5.21. The second-order valence-electron chi connectivity index (χ2n) is 6.75. The number of imidazole rings is 1. The van der Waals surface area contributed by atoms with Crippen LogP contribution in [0.4, 0.5) is 17.2 Å². The zero-order valence-electron chi connectivity index (χ0n) is 16.4. The molecule has 0 aliphatic heterocycles. The van der Waals surface area contributed by atoms with Gasteiger partial charge in [0.05, 0.1) is 11.7 Å². The van der Waals surface area contributed by atoms with Gasteiger partial charge in [-0.15, -0.1) is 0 Å². The lowest BCUT2D eigenvalue weighted by atomic mass is 10.2. The Kier molecular flexibility index (Phi) is 4.81. The minimum Gasteiger partial charge on any atom is -0.340 e. The lowest BCUT2D eigenvalue weighted by Crippen LogP contribution is -2.11. The first kappa shape index (κ1) is 18.8. The average molecular weight is 428 g/mol. The molecule has 31 heavy (non-hydrogen) atoms. The highest BCUT2D eigenvalue weighted by molar-refractivity contribution is 7.00. The maximum absolute atomic E-state index is 12.5. The number of fused-ring (bicyclic) bond motifs is 1. The number of amides is 1. The first-order chi connectivity index (χ1) is 15.1. The third kappa shape index (κ3) is 4.09. The Balaban J connectivity index is 1.29. The fourth-order valence-electron chi connectivity index (χ4n) is 3.05. The maximum Gasteiger partial charge on any atom is 0.255 e. The minimum absolute atomic E-state index is 0.202. The van der Waals surface area contributed by atoms with Crippen LogP contribution in [0.15, 0.2) is 67.3 Å². The molecule has 0 atom stereocenters. The molecule has 0 unspecified atom stereocenters. The number of hydrogen-bond donors (Lipinski definition) is 2. The predicted molar refractivity (Wildman–Crippen MR) is 119 cm³/mol. The van der Waals surface area contributed by atoms with E-state index in [9.17, 15) is 4.79 Å². The normalized spacial score (nSPS) is 10.9. The number of aryl methyl sites for hydroxylation is 1. The molecule has 0 saturated heterocycles. The molecule has 1 amide bonds. The smallest absolute Gasteiger partial charge is 0.255 e. The molecule has 3 aromatic heterocycles. The number of carbonyl (C=O) groups excluding carboxylic acids is 1. The van der Waals surface area contributed by atoms with Crippen molar-refractivity contribution in [1.82, 2.24) is 28.3 Å². The van der Waals surface area contributed by atoms with Crippen LogP contribution in [0, 0.1) is 6.92 Å². The number of aromatic nitrogens is 6. The Labute approximate surface area is 181 Å². The van der Waals surface area contributed by atoms with E-state index in [0.717, 1.165) is 28.8 Å². The number of anilines is 3. The summed E-state index contributed by atoms with van der Waals surface area (Å²) in [7, 11) is 0. The van der Waals surface area contributed by atoms with Gasteiger partial charge in [-0.05, 0) is 49.4 Å². The van der Waals surface area contributed by atoms with E-state index in [4.69, 9.17) is 0 Å². The van der Waals surface area contributed by atoms with Crippen molar-refractivity contribution >= 4 is 45.9 Å². The van der Waals surface area contributed by atoms with Crippen LogP contribution in [-0.4, -0.2) is 34.2 Å². The summed E-state index contributed by atoms with van der Waals surface area (Å²) in [4.78, 5) is 25.5. The molecule has 9 nitrogen and oxygen atoms in total. The quantitative estimate of drug-likeness (QED) is 0.436. The number of hydrogen-bond acceptors (Lipinski definition) is 8. The summed E-state index contributed by atoms with van der Waals surface area (Å²) in [6.45, 7) is 1.84. The molecule has 3 heterocycles. The molecule has 5 rings (SSSR count). The third-order valence-corrected chi connectivity index (χ3v) is 5.08. The van der Waals surface area contributed by atoms with E-state index < -0.39 is 0 Å². The van der Waals surface area contributed by atoms with Gasteiger partial charge in [0.25, 0.3) is 5.91 Å². The van der Waals surface area contributed by atoms with Gasteiger partial charge in [-0.25, -0.2) is 15.0 Å². The zero-order chi connectivity index (χ0) is 21.2. The molecular formula is C21H16N8OS. The van der Waals surface area contributed by atoms with Crippen molar-refractivity contribution < 1.29 is 4.79 Å². The fourth-order valence-corrected chi connectivity index (χ4v) is 3.57. The lowest BCUT2D eigenvalue weighted by molar-refractivity contribution is 0.102. The van der Waals surface area contributed by atoms with Gasteiger partial charge in [0.15, 0.2) is 0 Å². The van der Waals surface area contributed by atoms with E-state index in [2.05, 4.69) is 34.3 Å². The Morgan fingerprint density at radius 1 is 0.968 bits per heavy atom. The van der Waals surface area contributed by atoms with E-state index in [-0.39, 0.29) is 5.91 Å². The molecule has 0 aliphatic carbocycles. The Hall–Kier alpha value is -4.18. The summed E-state index contributed by atoms with van der Waals surface area (Å²) in [5, 5.41) is 6.16. The Bertz CT molecular complexity index is 1360. The van der Waals surface area contributed by atoms with E-state index in [1.54, 1.807) is 30.7 Å². The van der Waals surface area contributed by atoms with Crippen LogP contribution in [0.5, 0.6) is 0 Å². The van der Waals surface area contributed by atoms with Crippen LogP contribution in [-0.2, 0) is 0 Å². The lowest BCUT2D eigenvalue weighted by Gasteiger charge is -2.10. The molecule has 0 fully saturated rings. The fraction of sp³-hybridized carbons (Fsp3) is 0.0476. The van der Waals surface area contributed by atoms with E-state index in [1.807, 2.05) is 48.0 Å². The van der Waals surface area contributed by atoms with Gasteiger partial charge in [-0.3, -0.25) is 9.36 Å². The first-order valence-corrected chi connectivity index (χ1v) is 10.1. The molecule has 0 bridgehead atoms. The van der Waals surface area contributed by atoms with Gasteiger partial charge in [-0.1, -0.05) is 0 Å². The summed E-state index contributed by atoms with van der Waals surface area (Å²) in [5.74, 6) is 1.83. The summed E-state index contributed by atoms with van der Waals surface area (Å²) in [6, 6.07) is 14.5. The highest BCUT2D eigenvalue weighted by Crippen LogP contribution is 2.20. The topological polar surface area (TPSA) is 111 Å². The minimum atomic E-state index is -0.202. The molecule has 152 valence electrons. The second kappa shape index (κ2) is 7.92. The van der Waals surface area contributed by atoms with Gasteiger partial charge < -0.3 is 10.6 Å². The van der Waals surface area contributed by atoms with Crippen molar-refractivity contribution in [3.8, 4) is 5.82 Å².